The van der Waals surface area contributed by atoms with Crippen molar-refractivity contribution in [3.05, 3.63) is 17.3 Å². The van der Waals surface area contributed by atoms with Gasteiger partial charge in [0.05, 0.1) is 5.69 Å². The number of fused-ring (bicyclic) bond motifs is 2. The van der Waals surface area contributed by atoms with Crippen molar-refractivity contribution in [2.75, 3.05) is 18.8 Å². The van der Waals surface area contributed by atoms with E-state index in [0.29, 0.717) is 27.0 Å². The van der Waals surface area contributed by atoms with E-state index >= 15 is 0 Å². The molecule has 2 saturated heterocycles. The van der Waals surface area contributed by atoms with Gasteiger partial charge in [-0.1, -0.05) is 0 Å². The monoisotopic (exact) mass is 303 g/mol. The highest BCUT2D eigenvalue weighted by atomic mass is 32.1. The first kappa shape index (κ1) is 13.0. The number of nitrogens with zero attached hydrogens (tertiary/aromatic N) is 3. The Labute approximate surface area is 126 Å². The van der Waals surface area contributed by atoms with E-state index in [0.717, 1.165) is 19.5 Å². The highest BCUT2D eigenvalue weighted by Crippen LogP contribution is 2.32. The normalized spacial score (nSPS) is 25.3. The molecule has 0 aliphatic carbocycles. The number of rotatable bonds is 2. The molecule has 0 bridgehead atoms. The quantitative estimate of drug-likeness (QED) is 0.872. The molecule has 4 rings (SSSR count). The fraction of sp³-hybridized carbons (Fsp3) is 0.500. The zero-order valence-corrected chi connectivity index (χ0v) is 12.4. The number of carbonyl (C=O) groups is 1. The number of nitrogens with one attached hydrogen (secondary N) is 1. The second-order valence-electron chi connectivity index (χ2n) is 5.67. The predicted octanol–water partition coefficient (Wildman–Crippen LogP) is 1.24. The molecule has 2 aromatic rings. The molecule has 2 atom stereocenters. The molecular formula is C14H17N5OS. The van der Waals surface area contributed by atoms with Crippen LogP contribution in [0, 0.1) is 0 Å². The SMILES string of the molecule is Nc1c(C(=O)NC2CCN3CCCC23)sc2nccnc12. The molecule has 2 aliphatic heterocycles. The van der Waals surface area contributed by atoms with E-state index in [-0.39, 0.29) is 11.9 Å². The van der Waals surface area contributed by atoms with Crippen molar-refractivity contribution in [2.45, 2.75) is 31.3 Å². The standard InChI is InChI=1S/C14H17N5OS/c15-10-11-14(17-5-4-16-11)21-12(10)13(20)18-8-3-7-19-6-1-2-9(8)19/h4-5,8-9H,1-3,6-7,15H2,(H,18,20). The Hall–Kier alpha value is -1.73. The summed E-state index contributed by atoms with van der Waals surface area (Å²) in [6.45, 7) is 2.25. The van der Waals surface area contributed by atoms with Crippen LogP contribution in [0.3, 0.4) is 0 Å². The lowest BCUT2D eigenvalue weighted by molar-refractivity contribution is 0.0934. The van der Waals surface area contributed by atoms with Crippen LogP contribution in [0.15, 0.2) is 12.4 Å². The summed E-state index contributed by atoms with van der Waals surface area (Å²) in [6, 6.07) is 0.742. The van der Waals surface area contributed by atoms with E-state index in [1.54, 1.807) is 12.4 Å². The van der Waals surface area contributed by atoms with Crippen LogP contribution >= 0.6 is 11.3 Å². The lowest BCUT2D eigenvalue weighted by Crippen LogP contribution is -2.42. The summed E-state index contributed by atoms with van der Waals surface area (Å²) < 4.78 is 0. The molecule has 7 heteroatoms. The van der Waals surface area contributed by atoms with Crippen LogP contribution in [-0.2, 0) is 0 Å². The van der Waals surface area contributed by atoms with Crippen molar-refractivity contribution < 1.29 is 4.79 Å². The van der Waals surface area contributed by atoms with Gasteiger partial charge in [0.2, 0.25) is 0 Å². The molecule has 2 aromatic heterocycles. The minimum absolute atomic E-state index is 0.0870. The molecule has 2 aliphatic rings. The summed E-state index contributed by atoms with van der Waals surface area (Å²) >= 11 is 1.32. The molecule has 1 amide bonds. The van der Waals surface area contributed by atoms with Crippen LogP contribution in [0.4, 0.5) is 5.69 Å². The van der Waals surface area contributed by atoms with E-state index in [9.17, 15) is 4.79 Å². The van der Waals surface area contributed by atoms with Gasteiger partial charge in [0.1, 0.15) is 15.2 Å². The third-order valence-corrected chi connectivity index (χ3v) is 5.59. The smallest absolute Gasteiger partial charge is 0.263 e. The molecule has 0 saturated carbocycles. The highest BCUT2D eigenvalue weighted by molar-refractivity contribution is 7.21. The van der Waals surface area contributed by atoms with Gasteiger partial charge in [-0.2, -0.15) is 0 Å². The first-order valence-corrected chi connectivity index (χ1v) is 8.09. The average Bonchev–Trinajstić information content (AvgIpc) is 3.16. The number of amides is 1. The second kappa shape index (κ2) is 4.92. The second-order valence-corrected chi connectivity index (χ2v) is 6.67. The fourth-order valence-electron chi connectivity index (χ4n) is 3.50. The first-order chi connectivity index (χ1) is 10.2. The van der Waals surface area contributed by atoms with Crippen molar-refractivity contribution in [3.8, 4) is 0 Å². The molecule has 2 unspecified atom stereocenters. The van der Waals surface area contributed by atoms with Gasteiger partial charge in [0, 0.05) is 31.0 Å². The number of aromatic nitrogens is 2. The number of carbonyl (C=O) groups excluding carboxylic acids is 1. The highest BCUT2D eigenvalue weighted by Gasteiger charge is 2.38. The van der Waals surface area contributed by atoms with Gasteiger partial charge < -0.3 is 11.1 Å². The third kappa shape index (κ3) is 2.08. The number of hydrogen-bond acceptors (Lipinski definition) is 6. The van der Waals surface area contributed by atoms with Gasteiger partial charge in [-0.3, -0.25) is 9.69 Å². The summed E-state index contributed by atoms with van der Waals surface area (Å²) in [4.78, 5) is 24.7. The van der Waals surface area contributed by atoms with Gasteiger partial charge in [0.25, 0.3) is 5.91 Å². The zero-order valence-electron chi connectivity index (χ0n) is 11.6. The molecule has 3 N–H and O–H groups in total. The van der Waals surface area contributed by atoms with Crippen molar-refractivity contribution >= 4 is 33.3 Å². The van der Waals surface area contributed by atoms with Gasteiger partial charge in [-0.15, -0.1) is 11.3 Å². The van der Waals surface area contributed by atoms with E-state index in [2.05, 4.69) is 20.2 Å². The summed E-state index contributed by atoms with van der Waals surface area (Å²) in [7, 11) is 0. The summed E-state index contributed by atoms with van der Waals surface area (Å²) in [5.41, 5.74) is 7.13. The number of anilines is 1. The molecule has 21 heavy (non-hydrogen) atoms. The van der Waals surface area contributed by atoms with Gasteiger partial charge >= 0.3 is 0 Å². The molecule has 0 aromatic carbocycles. The minimum Gasteiger partial charge on any atom is -0.396 e. The van der Waals surface area contributed by atoms with Crippen molar-refractivity contribution in [2.24, 2.45) is 0 Å². The average molecular weight is 303 g/mol. The maximum atomic E-state index is 12.5. The molecule has 6 nitrogen and oxygen atoms in total. The summed E-state index contributed by atoms with van der Waals surface area (Å²) in [6.07, 6.45) is 6.65. The van der Waals surface area contributed by atoms with Crippen LogP contribution in [0.1, 0.15) is 28.9 Å². The van der Waals surface area contributed by atoms with E-state index in [4.69, 9.17) is 5.73 Å². The molecule has 4 heterocycles. The lowest BCUT2D eigenvalue weighted by atomic mass is 10.1. The Morgan fingerprint density at radius 2 is 2.19 bits per heavy atom. The molecule has 0 spiro atoms. The van der Waals surface area contributed by atoms with Gasteiger partial charge in [-0.25, -0.2) is 9.97 Å². The number of hydrogen-bond donors (Lipinski definition) is 2. The van der Waals surface area contributed by atoms with Crippen LogP contribution in [-0.4, -0.2) is 45.9 Å². The van der Waals surface area contributed by atoms with E-state index in [1.165, 1.54) is 24.2 Å². The Balaban J connectivity index is 1.58. The Morgan fingerprint density at radius 1 is 1.33 bits per heavy atom. The van der Waals surface area contributed by atoms with Crippen molar-refractivity contribution in [1.29, 1.82) is 0 Å². The predicted molar refractivity (Wildman–Crippen MR) is 82.3 cm³/mol. The molecule has 110 valence electrons. The Morgan fingerprint density at radius 3 is 3.05 bits per heavy atom. The number of nitrogens with two attached hydrogens (primary N) is 1. The summed E-state index contributed by atoms with van der Waals surface area (Å²) in [5.74, 6) is -0.0870. The molecule has 0 radical (unpaired) electrons. The maximum Gasteiger partial charge on any atom is 0.263 e. The van der Waals surface area contributed by atoms with E-state index < -0.39 is 0 Å². The minimum atomic E-state index is -0.0870. The molecular weight excluding hydrogens is 286 g/mol. The number of nitrogen functional groups attached to an aromatic ring is 1. The Bertz CT molecular complexity index is 700. The van der Waals surface area contributed by atoms with Crippen molar-refractivity contribution in [1.82, 2.24) is 20.2 Å². The van der Waals surface area contributed by atoms with Gasteiger partial charge in [-0.05, 0) is 25.8 Å². The first-order valence-electron chi connectivity index (χ1n) is 7.28. The topological polar surface area (TPSA) is 84.1 Å². The molecule has 2 fully saturated rings. The van der Waals surface area contributed by atoms with Crippen LogP contribution in [0.2, 0.25) is 0 Å². The fourth-order valence-corrected chi connectivity index (χ4v) is 4.42. The maximum absolute atomic E-state index is 12.5. The number of thiophene rings is 1. The summed E-state index contributed by atoms with van der Waals surface area (Å²) in [5, 5.41) is 3.16. The van der Waals surface area contributed by atoms with Gasteiger partial charge in [0.15, 0.2) is 0 Å². The largest absolute Gasteiger partial charge is 0.396 e. The van der Waals surface area contributed by atoms with E-state index in [1.807, 2.05) is 0 Å². The zero-order chi connectivity index (χ0) is 14.4. The van der Waals surface area contributed by atoms with Crippen molar-refractivity contribution in [3.63, 3.8) is 0 Å². The third-order valence-electron chi connectivity index (χ3n) is 4.49. The lowest BCUT2D eigenvalue weighted by Gasteiger charge is -2.21. The van der Waals surface area contributed by atoms with Crippen LogP contribution in [0.25, 0.3) is 10.3 Å². The van der Waals surface area contributed by atoms with Crippen LogP contribution < -0.4 is 11.1 Å². The van der Waals surface area contributed by atoms with Crippen LogP contribution in [0.5, 0.6) is 0 Å². The Kier molecular flexibility index (Phi) is 3.04.